The third kappa shape index (κ3) is 1.80. The first-order valence-electron chi connectivity index (χ1n) is 8.20. The topological polar surface area (TPSA) is 79.7 Å². The largest absolute Gasteiger partial charge is 0.343 e. The van der Waals surface area contributed by atoms with E-state index in [1.807, 2.05) is 43.6 Å². The number of pyridine rings is 1. The number of imidazole rings is 1. The summed E-state index contributed by atoms with van der Waals surface area (Å²) in [5.74, 6) is 0.603. The second-order valence-electron chi connectivity index (χ2n) is 6.41. The Bertz CT molecular complexity index is 1100. The minimum absolute atomic E-state index is 0.00693. The summed E-state index contributed by atoms with van der Waals surface area (Å²) in [6.07, 6.45) is 5.90. The van der Waals surface area contributed by atoms with E-state index >= 15 is 0 Å². The van der Waals surface area contributed by atoms with Crippen LogP contribution in [0.15, 0.2) is 48.9 Å². The van der Waals surface area contributed by atoms with Crippen molar-refractivity contribution in [2.75, 3.05) is 13.6 Å². The number of nitrogens with one attached hydrogen (secondary N) is 1. The molecule has 0 spiro atoms. The number of hydrogen-bond acceptors (Lipinski definition) is 4. The van der Waals surface area contributed by atoms with Gasteiger partial charge in [-0.2, -0.15) is 5.10 Å². The Morgan fingerprint density at radius 2 is 2.12 bits per heavy atom. The fraction of sp³-hybridized carbons (Fsp3) is 0.222. The summed E-state index contributed by atoms with van der Waals surface area (Å²) in [5.41, 5.74) is 1.60. The van der Waals surface area contributed by atoms with Gasteiger partial charge in [-0.1, -0.05) is 18.2 Å². The van der Waals surface area contributed by atoms with Gasteiger partial charge < -0.3 is 9.88 Å². The normalized spacial score (nSPS) is 20.8. The number of carbonyl (C=O) groups excluding carboxylic acids is 1. The van der Waals surface area contributed by atoms with Crippen molar-refractivity contribution in [3.63, 3.8) is 0 Å². The first-order chi connectivity index (χ1) is 12.2. The number of benzene rings is 1. The molecule has 7 heteroatoms. The average Bonchev–Trinajstić information content (AvgIpc) is 3.36. The van der Waals surface area contributed by atoms with Crippen LogP contribution in [0, 0.1) is 0 Å². The molecule has 5 rings (SSSR count). The molecule has 1 saturated heterocycles. The van der Waals surface area contributed by atoms with Crippen LogP contribution in [0.25, 0.3) is 21.9 Å². The summed E-state index contributed by atoms with van der Waals surface area (Å²) in [6.45, 7) is 0.661. The molecule has 25 heavy (non-hydrogen) atoms. The Kier molecular flexibility index (Phi) is 2.77. The lowest BCUT2D eigenvalue weighted by Crippen LogP contribution is -2.44. The van der Waals surface area contributed by atoms with E-state index in [2.05, 4.69) is 15.1 Å². The zero-order valence-electron chi connectivity index (χ0n) is 13.7. The third-order valence-corrected chi connectivity index (χ3v) is 5.02. The van der Waals surface area contributed by atoms with E-state index in [0.29, 0.717) is 18.8 Å². The van der Waals surface area contributed by atoms with Crippen molar-refractivity contribution in [2.24, 2.45) is 0 Å². The number of amides is 1. The molecule has 3 aromatic heterocycles. The van der Waals surface area contributed by atoms with Gasteiger partial charge in [0.05, 0.1) is 22.7 Å². The predicted molar refractivity (Wildman–Crippen MR) is 93.0 cm³/mol. The van der Waals surface area contributed by atoms with Crippen molar-refractivity contribution in [3.8, 4) is 0 Å². The van der Waals surface area contributed by atoms with Gasteiger partial charge in [0.15, 0.2) is 5.54 Å². The molecule has 4 heterocycles. The first-order valence-corrected chi connectivity index (χ1v) is 8.20. The van der Waals surface area contributed by atoms with E-state index in [4.69, 9.17) is 4.98 Å². The van der Waals surface area contributed by atoms with Crippen LogP contribution in [0.1, 0.15) is 12.2 Å². The van der Waals surface area contributed by atoms with Crippen molar-refractivity contribution in [2.45, 2.75) is 12.0 Å². The van der Waals surface area contributed by atoms with E-state index in [1.54, 1.807) is 22.0 Å². The second-order valence-corrected chi connectivity index (χ2v) is 6.41. The molecule has 1 N–H and O–H groups in total. The van der Waals surface area contributed by atoms with Crippen molar-refractivity contribution in [1.82, 2.24) is 29.6 Å². The summed E-state index contributed by atoms with van der Waals surface area (Å²) in [7, 11) is 1.81. The average molecular weight is 332 g/mol. The van der Waals surface area contributed by atoms with E-state index in [9.17, 15) is 4.79 Å². The molecule has 0 bridgehead atoms. The Morgan fingerprint density at radius 3 is 2.88 bits per heavy atom. The summed E-state index contributed by atoms with van der Waals surface area (Å²) in [5, 5.41) is 5.33. The summed E-state index contributed by atoms with van der Waals surface area (Å²) in [6, 6.07) is 9.71. The monoisotopic (exact) mass is 332 g/mol. The van der Waals surface area contributed by atoms with Crippen LogP contribution in [0.4, 0.5) is 0 Å². The second kappa shape index (κ2) is 4.89. The SMILES string of the molecule is CN1CCC(c2nc3c(cnc4ccccc43)[nH]2)(n2cccn2)C1=O. The number of para-hydroxylation sites is 1. The van der Waals surface area contributed by atoms with Crippen LogP contribution < -0.4 is 0 Å². The van der Waals surface area contributed by atoms with E-state index in [0.717, 1.165) is 21.9 Å². The molecule has 4 aromatic rings. The lowest BCUT2D eigenvalue weighted by Gasteiger charge is -2.25. The molecule has 1 fully saturated rings. The lowest BCUT2D eigenvalue weighted by molar-refractivity contribution is -0.133. The van der Waals surface area contributed by atoms with Gasteiger partial charge >= 0.3 is 0 Å². The number of rotatable bonds is 2. The maximum Gasteiger partial charge on any atom is 0.258 e. The minimum Gasteiger partial charge on any atom is -0.343 e. The van der Waals surface area contributed by atoms with Crippen LogP contribution in [0.3, 0.4) is 0 Å². The predicted octanol–water partition coefficient (Wildman–Crippen LogP) is 1.91. The quantitative estimate of drug-likeness (QED) is 0.608. The highest BCUT2D eigenvalue weighted by Gasteiger charge is 2.51. The van der Waals surface area contributed by atoms with Gasteiger partial charge in [-0.25, -0.2) is 9.67 Å². The highest BCUT2D eigenvalue weighted by atomic mass is 16.2. The molecule has 1 aliphatic rings. The standard InChI is InChI=1S/C18H16N6O/c1-23-10-7-18(17(23)25,24-9-4-8-20-24)16-21-14-11-19-13-6-3-2-5-12(13)15(14)22-16/h2-6,8-9,11H,7,10H2,1H3,(H,21,22). The van der Waals surface area contributed by atoms with Crippen molar-refractivity contribution < 1.29 is 4.79 Å². The number of likely N-dealkylation sites (tertiary alicyclic amines) is 1. The molecule has 0 radical (unpaired) electrons. The number of H-pyrrole nitrogens is 1. The van der Waals surface area contributed by atoms with Gasteiger partial charge in [-0.3, -0.25) is 9.78 Å². The Balaban J connectivity index is 1.81. The highest BCUT2D eigenvalue weighted by molar-refractivity contribution is 6.02. The maximum atomic E-state index is 13.1. The van der Waals surface area contributed by atoms with E-state index in [1.165, 1.54) is 0 Å². The molecular weight excluding hydrogens is 316 g/mol. The summed E-state index contributed by atoms with van der Waals surface area (Å²) < 4.78 is 1.71. The van der Waals surface area contributed by atoms with Gasteiger partial charge in [0.1, 0.15) is 5.82 Å². The van der Waals surface area contributed by atoms with Gasteiger partial charge in [0.2, 0.25) is 0 Å². The van der Waals surface area contributed by atoms with E-state index in [-0.39, 0.29) is 5.91 Å². The number of carbonyl (C=O) groups is 1. The van der Waals surface area contributed by atoms with Crippen LogP contribution in [-0.2, 0) is 10.3 Å². The molecule has 0 saturated carbocycles. The van der Waals surface area contributed by atoms with Crippen LogP contribution in [0.2, 0.25) is 0 Å². The zero-order valence-corrected chi connectivity index (χ0v) is 13.7. The lowest BCUT2D eigenvalue weighted by atomic mass is 9.97. The molecule has 124 valence electrons. The number of likely N-dealkylation sites (N-methyl/N-ethyl adjacent to an activating group) is 1. The smallest absolute Gasteiger partial charge is 0.258 e. The molecule has 1 unspecified atom stereocenters. The summed E-state index contributed by atoms with van der Waals surface area (Å²) >= 11 is 0. The van der Waals surface area contributed by atoms with Crippen molar-refractivity contribution in [3.05, 3.63) is 54.7 Å². The number of fused-ring (bicyclic) bond motifs is 3. The van der Waals surface area contributed by atoms with Gasteiger partial charge in [0, 0.05) is 37.8 Å². The Hall–Kier alpha value is -3.22. The fourth-order valence-electron chi connectivity index (χ4n) is 3.69. The molecule has 1 aromatic carbocycles. The van der Waals surface area contributed by atoms with Crippen LogP contribution >= 0.6 is 0 Å². The third-order valence-electron chi connectivity index (χ3n) is 5.02. The maximum absolute atomic E-state index is 13.1. The fourth-order valence-corrected chi connectivity index (χ4v) is 3.69. The molecule has 0 aliphatic carbocycles. The van der Waals surface area contributed by atoms with Crippen molar-refractivity contribution >= 4 is 27.8 Å². The number of aromatic amines is 1. The Morgan fingerprint density at radius 1 is 1.24 bits per heavy atom. The van der Waals surface area contributed by atoms with Gasteiger partial charge in [-0.05, 0) is 12.1 Å². The number of hydrogen-bond donors (Lipinski definition) is 1. The highest BCUT2D eigenvalue weighted by Crippen LogP contribution is 2.36. The number of aromatic nitrogens is 5. The molecule has 1 aliphatic heterocycles. The minimum atomic E-state index is -0.932. The molecule has 1 atom stereocenters. The molecule has 7 nitrogen and oxygen atoms in total. The van der Waals surface area contributed by atoms with Crippen LogP contribution in [-0.4, -0.2) is 49.1 Å². The van der Waals surface area contributed by atoms with Crippen LogP contribution in [0.5, 0.6) is 0 Å². The van der Waals surface area contributed by atoms with Gasteiger partial charge in [-0.15, -0.1) is 0 Å². The Labute approximate surface area is 143 Å². The molecular formula is C18H16N6O. The number of nitrogens with zero attached hydrogens (tertiary/aromatic N) is 5. The first kappa shape index (κ1) is 14.2. The van der Waals surface area contributed by atoms with Gasteiger partial charge in [0.25, 0.3) is 5.91 Å². The van der Waals surface area contributed by atoms with Crippen molar-refractivity contribution in [1.29, 1.82) is 0 Å². The molecule has 1 amide bonds. The zero-order chi connectivity index (χ0) is 17.0. The van der Waals surface area contributed by atoms with E-state index < -0.39 is 5.54 Å². The summed E-state index contributed by atoms with van der Waals surface area (Å²) in [4.78, 5) is 27.4.